The Hall–Kier alpha value is -2.29. The van der Waals surface area contributed by atoms with Crippen LogP contribution in [-0.4, -0.2) is 31.5 Å². The molecule has 128 valence electrons. The fraction of sp³-hybridized carbons (Fsp3) is 0.333. The summed E-state index contributed by atoms with van der Waals surface area (Å²) in [5.41, 5.74) is 0.153. The molecule has 1 aliphatic heterocycles. The minimum absolute atomic E-state index is 0.153. The first-order chi connectivity index (χ1) is 11.5. The molecule has 1 fully saturated rings. The molecule has 24 heavy (non-hydrogen) atoms. The lowest BCUT2D eigenvalue weighted by atomic mass is 10.1. The molecule has 0 saturated carbocycles. The van der Waals surface area contributed by atoms with Gasteiger partial charge in [0.1, 0.15) is 0 Å². The average Bonchev–Trinajstić information content (AvgIpc) is 2.58. The van der Waals surface area contributed by atoms with Crippen LogP contribution in [0.4, 0.5) is 20.4 Å². The van der Waals surface area contributed by atoms with Gasteiger partial charge in [-0.05, 0) is 37.5 Å². The molecule has 2 aromatic rings. The van der Waals surface area contributed by atoms with Crippen molar-refractivity contribution >= 4 is 21.7 Å². The predicted octanol–water partition coefficient (Wildman–Crippen LogP) is 2.55. The molecule has 1 aromatic carbocycles. The second kappa shape index (κ2) is 6.68. The Bertz CT molecular complexity index is 822. The molecule has 0 bridgehead atoms. The maximum absolute atomic E-state index is 13.2. The summed E-state index contributed by atoms with van der Waals surface area (Å²) >= 11 is 0. The first-order valence-corrected chi connectivity index (χ1v) is 8.99. The largest absolute Gasteiger partial charge is 0.341 e. The third-order valence-electron chi connectivity index (χ3n) is 3.73. The Balaban J connectivity index is 1.76. The Morgan fingerprint density at radius 3 is 2.29 bits per heavy atom. The standard InChI is InChI=1S/C15H16F2N4O2S/c16-13-5-4-12(8-14(13)17)24(22,23)20-11-9-18-15(19-10-11)21-6-2-1-3-7-21/h4-5,8-10,20H,1-3,6-7H2. The number of piperidine rings is 1. The third-order valence-corrected chi connectivity index (χ3v) is 5.11. The number of anilines is 2. The van der Waals surface area contributed by atoms with Crippen molar-refractivity contribution in [2.75, 3.05) is 22.7 Å². The topological polar surface area (TPSA) is 75.2 Å². The highest BCUT2D eigenvalue weighted by molar-refractivity contribution is 7.92. The lowest BCUT2D eigenvalue weighted by Crippen LogP contribution is -2.30. The van der Waals surface area contributed by atoms with Gasteiger partial charge >= 0.3 is 0 Å². The zero-order valence-electron chi connectivity index (χ0n) is 12.7. The van der Waals surface area contributed by atoms with Gasteiger partial charge in [-0.1, -0.05) is 0 Å². The van der Waals surface area contributed by atoms with E-state index in [2.05, 4.69) is 14.7 Å². The highest BCUT2D eigenvalue weighted by Crippen LogP contribution is 2.19. The van der Waals surface area contributed by atoms with E-state index in [4.69, 9.17) is 0 Å². The number of aromatic nitrogens is 2. The van der Waals surface area contributed by atoms with Crippen LogP contribution in [-0.2, 0) is 10.0 Å². The number of hydrogen-bond donors (Lipinski definition) is 1. The number of rotatable bonds is 4. The van der Waals surface area contributed by atoms with Crippen molar-refractivity contribution in [3.05, 3.63) is 42.2 Å². The molecule has 1 aromatic heterocycles. The molecular formula is C15H16F2N4O2S. The van der Waals surface area contributed by atoms with Crippen molar-refractivity contribution in [2.24, 2.45) is 0 Å². The van der Waals surface area contributed by atoms with Crippen LogP contribution in [0.1, 0.15) is 19.3 Å². The third kappa shape index (κ3) is 3.61. The second-order valence-electron chi connectivity index (χ2n) is 5.50. The molecular weight excluding hydrogens is 338 g/mol. The van der Waals surface area contributed by atoms with Crippen molar-refractivity contribution in [2.45, 2.75) is 24.2 Å². The van der Waals surface area contributed by atoms with Gasteiger partial charge in [-0.25, -0.2) is 27.2 Å². The van der Waals surface area contributed by atoms with Gasteiger partial charge in [-0.3, -0.25) is 4.72 Å². The van der Waals surface area contributed by atoms with E-state index in [0.717, 1.165) is 38.1 Å². The van der Waals surface area contributed by atoms with E-state index in [1.807, 2.05) is 4.90 Å². The molecule has 6 nitrogen and oxygen atoms in total. The number of halogens is 2. The molecule has 1 N–H and O–H groups in total. The maximum Gasteiger partial charge on any atom is 0.262 e. The lowest BCUT2D eigenvalue weighted by molar-refractivity contribution is 0.504. The molecule has 0 spiro atoms. The fourth-order valence-electron chi connectivity index (χ4n) is 2.49. The Morgan fingerprint density at radius 2 is 1.67 bits per heavy atom. The zero-order valence-corrected chi connectivity index (χ0v) is 13.6. The molecule has 3 rings (SSSR count). The van der Waals surface area contributed by atoms with Crippen molar-refractivity contribution in [3.8, 4) is 0 Å². The van der Waals surface area contributed by atoms with Crippen LogP contribution in [0.5, 0.6) is 0 Å². The minimum Gasteiger partial charge on any atom is -0.341 e. The smallest absolute Gasteiger partial charge is 0.262 e. The van der Waals surface area contributed by atoms with Crippen LogP contribution in [0.25, 0.3) is 0 Å². The number of benzene rings is 1. The summed E-state index contributed by atoms with van der Waals surface area (Å²) in [6.45, 7) is 1.75. The minimum atomic E-state index is -4.04. The monoisotopic (exact) mass is 354 g/mol. The quantitative estimate of drug-likeness (QED) is 0.913. The van der Waals surface area contributed by atoms with Crippen LogP contribution in [0, 0.1) is 11.6 Å². The van der Waals surface area contributed by atoms with E-state index >= 15 is 0 Å². The lowest BCUT2D eigenvalue weighted by Gasteiger charge is -2.26. The zero-order chi connectivity index (χ0) is 17.2. The molecule has 0 atom stereocenters. The van der Waals surface area contributed by atoms with E-state index in [-0.39, 0.29) is 10.6 Å². The van der Waals surface area contributed by atoms with Crippen LogP contribution >= 0.6 is 0 Å². The van der Waals surface area contributed by atoms with E-state index in [9.17, 15) is 17.2 Å². The van der Waals surface area contributed by atoms with Crippen molar-refractivity contribution in [1.29, 1.82) is 0 Å². The highest BCUT2D eigenvalue weighted by atomic mass is 32.2. The van der Waals surface area contributed by atoms with Gasteiger partial charge in [0.25, 0.3) is 10.0 Å². The SMILES string of the molecule is O=S(=O)(Nc1cnc(N2CCCCC2)nc1)c1ccc(F)c(F)c1. The summed E-state index contributed by atoms with van der Waals surface area (Å²) in [5, 5.41) is 0. The summed E-state index contributed by atoms with van der Waals surface area (Å²) < 4.78 is 52.8. The van der Waals surface area contributed by atoms with Crippen LogP contribution < -0.4 is 9.62 Å². The van der Waals surface area contributed by atoms with Crippen LogP contribution in [0.15, 0.2) is 35.5 Å². The van der Waals surface area contributed by atoms with E-state index in [1.54, 1.807) is 0 Å². The van der Waals surface area contributed by atoms with Gasteiger partial charge in [0.05, 0.1) is 23.0 Å². The molecule has 9 heteroatoms. The summed E-state index contributed by atoms with van der Waals surface area (Å²) in [5.74, 6) is -1.79. The van der Waals surface area contributed by atoms with Crippen LogP contribution in [0.3, 0.4) is 0 Å². The van der Waals surface area contributed by atoms with E-state index in [1.165, 1.54) is 18.8 Å². The summed E-state index contributed by atoms with van der Waals surface area (Å²) in [6, 6.07) is 2.38. The van der Waals surface area contributed by atoms with Crippen molar-refractivity contribution in [3.63, 3.8) is 0 Å². The molecule has 0 unspecified atom stereocenters. The Morgan fingerprint density at radius 1 is 1.00 bits per heavy atom. The number of nitrogens with one attached hydrogen (secondary N) is 1. The van der Waals surface area contributed by atoms with Gasteiger partial charge < -0.3 is 4.90 Å². The maximum atomic E-state index is 13.2. The van der Waals surface area contributed by atoms with Gasteiger partial charge in [0.15, 0.2) is 11.6 Å². The van der Waals surface area contributed by atoms with Gasteiger partial charge in [-0.15, -0.1) is 0 Å². The molecule has 2 heterocycles. The highest BCUT2D eigenvalue weighted by Gasteiger charge is 2.18. The molecule has 1 aliphatic rings. The summed E-state index contributed by atoms with van der Waals surface area (Å²) in [6.07, 6.45) is 6.05. The summed E-state index contributed by atoms with van der Waals surface area (Å²) in [4.78, 5) is 10.00. The number of sulfonamides is 1. The first-order valence-electron chi connectivity index (χ1n) is 7.50. The normalized spacial score (nSPS) is 15.3. The molecule has 0 amide bonds. The average molecular weight is 354 g/mol. The van der Waals surface area contributed by atoms with Gasteiger partial charge in [0, 0.05) is 13.1 Å². The molecule has 1 saturated heterocycles. The van der Waals surface area contributed by atoms with Crippen molar-refractivity contribution < 1.29 is 17.2 Å². The second-order valence-corrected chi connectivity index (χ2v) is 7.18. The van der Waals surface area contributed by atoms with Gasteiger partial charge in [-0.2, -0.15) is 0 Å². The molecule has 0 aliphatic carbocycles. The number of hydrogen-bond acceptors (Lipinski definition) is 5. The fourth-order valence-corrected chi connectivity index (χ4v) is 3.53. The predicted molar refractivity (Wildman–Crippen MR) is 85.3 cm³/mol. The Kier molecular flexibility index (Phi) is 4.61. The van der Waals surface area contributed by atoms with Gasteiger partial charge in [0.2, 0.25) is 5.95 Å². The van der Waals surface area contributed by atoms with E-state index in [0.29, 0.717) is 12.0 Å². The molecule has 0 radical (unpaired) electrons. The Labute approximate surface area is 138 Å². The first kappa shape index (κ1) is 16.6. The number of nitrogens with zero attached hydrogens (tertiary/aromatic N) is 3. The van der Waals surface area contributed by atoms with Crippen molar-refractivity contribution in [1.82, 2.24) is 9.97 Å². The van der Waals surface area contributed by atoms with Crippen LogP contribution in [0.2, 0.25) is 0 Å². The van der Waals surface area contributed by atoms with E-state index < -0.39 is 21.7 Å². The summed E-state index contributed by atoms with van der Waals surface area (Å²) in [7, 11) is -4.04.